The summed E-state index contributed by atoms with van der Waals surface area (Å²) >= 11 is 6.71. The van der Waals surface area contributed by atoms with Crippen molar-refractivity contribution in [3.05, 3.63) is 33.3 Å². The smallest absolute Gasteiger partial charge is 0.313 e. The van der Waals surface area contributed by atoms with Gasteiger partial charge in [-0.05, 0) is 6.07 Å². The number of nitro groups is 1. The number of thioether (sulfide) groups is 1. The van der Waals surface area contributed by atoms with Crippen LogP contribution in [0.4, 0.5) is 11.4 Å². The lowest BCUT2D eigenvalue weighted by molar-refractivity contribution is -0.384. The number of aliphatic carboxylic acids is 1. The molecule has 0 radical (unpaired) electrons. The first-order valence-corrected chi connectivity index (χ1v) is 6.46. The van der Waals surface area contributed by atoms with Gasteiger partial charge in [-0.15, -0.1) is 11.8 Å². The molecule has 102 valence electrons. The van der Waals surface area contributed by atoms with Crippen LogP contribution in [0.2, 0.25) is 5.02 Å². The molecule has 9 heteroatoms. The van der Waals surface area contributed by atoms with E-state index in [4.69, 9.17) is 16.7 Å². The molecule has 0 aliphatic carbocycles. The molecule has 0 atom stereocenters. The van der Waals surface area contributed by atoms with Crippen molar-refractivity contribution in [3.8, 4) is 0 Å². The largest absolute Gasteiger partial charge is 0.481 e. The van der Waals surface area contributed by atoms with Crippen LogP contribution in [0.5, 0.6) is 0 Å². The fourth-order valence-electron chi connectivity index (χ4n) is 1.14. The Balaban J connectivity index is 2.65. The molecule has 2 N–H and O–H groups in total. The Morgan fingerprint density at radius 1 is 1.42 bits per heavy atom. The Morgan fingerprint density at radius 2 is 2.11 bits per heavy atom. The van der Waals surface area contributed by atoms with Gasteiger partial charge >= 0.3 is 5.97 Å². The minimum absolute atomic E-state index is 0.0781. The number of carbonyl (C=O) groups is 2. The van der Waals surface area contributed by atoms with E-state index in [1.54, 1.807) is 0 Å². The molecule has 1 aromatic carbocycles. The number of non-ortho nitro benzene ring substituents is 1. The Hall–Kier alpha value is -1.80. The Kier molecular flexibility index (Phi) is 5.58. The number of carboxylic acid groups (broad SMARTS) is 1. The first kappa shape index (κ1) is 15.3. The number of benzene rings is 1. The van der Waals surface area contributed by atoms with E-state index < -0.39 is 16.8 Å². The highest BCUT2D eigenvalue weighted by Crippen LogP contribution is 2.26. The van der Waals surface area contributed by atoms with Gasteiger partial charge in [0, 0.05) is 12.1 Å². The topological polar surface area (TPSA) is 110 Å². The minimum Gasteiger partial charge on any atom is -0.481 e. The van der Waals surface area contributed by atoms with Gasteiger partial charge in [0.15, 0.2) is 0 Å². The van der Waals surface area contributed by atoms with Gasteiger partial charge in [0.05, 0.1) is 27.1 Å². The van der Waals surface area contributed by atoms with Gasteiger partial charge < -0.3 is 10.4 Å². The third-order valence-corrected chi connectivity index (χ3v) is 3.14. The Bertz CT molecular complexity index is 523. The average Bonchev–Trinajstić information content (AvgIpc) is 2.31. The molecular weight excluding hydrogens is 296 g/mol. The lowest BCUT2D eigenvalue weighted by Crippen LogP contribution is -2.15. The summed E-state index contributed by atoms with van der Waals surface area (Å²) in [5, 5.41) is 21.5. The molecule has 0 saturated heterocycles. The molecule has 0 fully saturated rings. The predicted molar refractivity (Wildman–Crippen MR) is 71.7 cm³/mol. The van der Waals surface area contributed by atoms with Gasteiger partial charge in [-0.3, -0.25) is 19.7 Å². The number of carbonyl (C=O) groups excluding carboxylic acids is 1. The summed E-state index contributed by atoms with van der Waals surface area (Å²) in [5.41, 5.74) is -0.0744. The number of hydrogen-bond acceptors (Lipinski definition) is 5. The van der Waals surface area contributed by atoms with Crippen LogP contribution in [0.3, 0.4) is 0 Å². The van der Waals surface area contributed by atoms with Gasteiger partial charge in [0.25, 0.3) is 5.69 Å². The van der Waals surface area contributed by atoms with E-state index in [1.807, 2.05) is 0 Å². The fourth-order valence-corrected chi connectivity index (χ4v) is 1.84. The fraction of sp³-hybridized carbons (Fsp3) is 0.200. The van der Waals surface area contributed by atoms with Crippen LogP contribution in [-0.2, 0) is 9.59 Å². The van der Waals surface area contributed by atoms with Gasteiger partial charge in [0.2, 0.25) is 5.91 Å². The molecule has 0 aliphatic heterocycles. The van der Waals surface area contributed by atoms with E-state index in [9.17, 15) is 19.7 Å². The SMILES string of the molecule is O=C(O)CSCC(=O)Nc1cc([N+](=O)[O-])ccc1Cl. The van der Waals surface area contributed by atoms with Crippen LogP contribution in [0.25, 0.3) is 0 Å². The van der Waals surface area contributed by atoms with Gasteiger partial charge in [-0.25, -0.2) is 0 Å². The van der Waals surface area contributed by atoms with Crippen molar-refractivity contribution in [2.24, 2.45) is 0 Å². The standard InChI is InChI=1S/C10H9ClN2O5S/c11-7-2-1-6(13(17)18)3-8(7)12-9(14)4-19-5-10(15)16/h1-3H,4-5H2,(H,12,14)(H,15,16). The third-order valence-electron chi connectivity index (χ3n) is 1.89. The van der Waals surface area contributed by atoms with Gasteiger partial charge in [-0.2, -0.15) is 0 Å². The second kappa shape index (κ2) is 6.95. The van der Waals surface area contributed by atoms with Crippen molar-refractivity contribution in [1.82, 2.24) is 0 Å². The number of carboxylic acids is 1. The van der Waals surface area contributed by atoms with E-state index >= 15 is 0 Å². The summed E-state index contributed by atoms with van der Waals surface area (Å²) in [4.78, 5) is 31.7. The molecule has 1 aromatic rings. The molecule has 0 aliphatic rings. The number of nitro benzene ring substituents is 1. The monoisotopic (exact) mass is 304 g/mol. The highest BCUT2D eigenvalue weighted by atomic mass is 35.5. The summed E-state index contributed by atoms with van der Waals surface area (Å²) in [7, 11) is 0. The maximum atomic E-state index is 11.5. The van der Waals surface area contributed by atoms with Crippen molar-refractivity contribution in [2.45, 2.75) is 0 Å². The molecule has 0 heterocycles. The van der Waals surface area contributed by atoms with Crippen LogP contribution >= 0.6 is 23.4 Å². The van der Waals surface area contributed by atoms with E-state index in [-0.39, 0.29) is 27.9 Å². The Morgan fingerprint density at radius 3 is 2.68 bits per heavy atom. The molecule has 19 heavy (non-hydrogen) atoms. The molecule has 0 bridgehead atoms. The first-order chi connectivity index (χ1) is 8.90. The maximum Gasteiger partial charge on any atom is 0.313 e. The second-order valence-corrected chi connectivity index (χ2v) is 4.75. The summed E-state index contributed by atoms with van der Waals surface area (Å²) in [5.74, 6) is -1.78. The van der Waals surface area contributed by atoms with E-state index in [2.05, 4.69) is 5.32 Å². The second-order valence-electron chi connectivity index (χ2n) is 3.36. The summed E-state index contributed by atoms with van der Waals surface area (Å²) in [6, 6.07) is 3.67. The third kappa shape index (κ3) is 5.14. The molecule has 1 rings (SSSR count). The van der Waals surface area contributed by atoms with Crippen LogP contribution in [0.1, 0.15) is 0 Å². The van der Waals surface area contributed by atoms with Gasteiger partial charge in [-0.1, -0.05) is 11.6 Å². The first-order valence-electron chi connectivity index (χ1n) is 4.93. The lowest BCUT2D eigenvalue weighted by Gasteiger charge is -2.06. The van der Waals surface area contributed by atoms with Crippen molar-refractivity contribution in [1.29, 1.82) is 0 Å². The maximum absolute atomic E-state index is 11.5. The van der Waals surface area contributed by atoms with Crippen LogP contribution in [0, 0.1) is 10.1 Å². The Labute approximate surface area is 117 Å². The number of amides is 1. The highest BCUT2D eigenvalue weighted by molar-refractivity contribution is 8.00. The normalized spacial score (nSPS) is 9.95. The number of halogens is 1. The van der Waals surface area contributed by atoms with E-state index in [1.165, 1.54) is 12.1 Å². The molecule has 0 saturated carbocycles. The van der Waals surface area contributed by atoms with Crippen LogP contribution in [-0.4, -0.2) is 33.4 Å². The zero-order valence-electron chi connectivity index (χ0n) is 9.46. The van der Waals surface area contributed by atoms with E-state index in [0.29, 0.717) is 0 Å². The highest BCUT2D eigenvalue weighted by Gasteiger charge is 2.12. The summed E-state index contributed by atoms with van der Waals surface area (Å²) in [6.07, 6.45) is 0. The number of nitrogens with one attached hydrogen (secondary N) is 1. The number of nitrogens with zero attached hydrogens (tertiary/aromatic N) is 1. The molecular formula is C10H9ClN2O5S. The van der Waals surface area contributed by atoms with Crippen molar-refractivity contribution >= 4 is 46.6 Å². The van der Waals surface area contributed by atoms with Crippen molar-refractivity contribution < 1.29 is 19.6 Å². The lowest BCUT2D eigenvalue weighted by atomic mass is 10.3. The zero-order valence-corrected chi connectivity index (χ0v) is 11.0. The molecule has 0 aromatic heterocycles. The summed E-state index contributed by atoms with van der Waals surface area (Å²) < 4.78 is 0. The summed E-state index contributed by atoms with van der Waals surface area (Å²) in [6.45, 7) is 0. The van der Waals surface area contributed by atoms with Crippen LogP contribution < -0.4 is 5.32 Å². The van der Waals surface area contributed by atoms with E-state index in [0.717, 1.165) is 17.8 Å². The molecule has 7 nitrogen and oxygen atoms in total. The van der Waals surface area contributed by atoms with Crippen molar-refractivity contribution in [2.75, 3.05) is 16.8 Å². The molecule has 0 unspecified atom stereocenters. The molecule has 0 spiro atoms. The number of hydrogen-bond donors (Lipinski definition) is 2. The average molecular weight is 305 g/mol. The predicted octanol–water partition coefficient (Wildman–Crippen LogP) is 2.00. The van der Waals surface area contributed by atoms with Crippen molar-refractivity contribution in [3.63, 3.8) is 0 Å². The van der Waals surface area contributed by atoms with Crippen LogP contribution in [0.15, 0.2) is 18.2 Å². The number of rotatable bonds is 6. The number of anilines is 1. The minimum atomic E-state index is -1.02. The molecule has 1 amide bonds. The van der Waals surface area contributed by atoms with Gasteiger partial charge in [0.1, 0.15) is 0 Å². The quantitative estimate of drug-likeness (QED) is 0.614. The zero-order chi connectivity index (χ0) is 14.4.